The average Bonchev–Trinajstić information content (AvgIpc) is 3.16. The van der Waals surface area contributed by atoms with Crippen LogP contribution in [0.3, 0.4) is 0 Å². The number of anilines is 1. The molecule has 0 heterocycles. The molecular weight excluding hydrogens is 451 g/mol. The first kappa shape index (κ1) is 23.9. The number of carbonyl (C=O) groups is 3. The third kappa shape index (κ3) is 5.48. The van der Waals surface area contributed by atoms with E-state index in [1.54, 1.807) is 0 Å². The monoisotopic (exact) mass is 476 g/mol. The van der Waals surface area contributed by atoms with Gasteiger partial charge >= 0.3 is 12.1 Å². The number of hydrogen-bond donors (Lipinski definition) is 3. The van der Waals surface area contributed by atoms with E-state index in [0.29, 0.717) is 0 Å². The van der Waals surface area contributed by atoms with Gasteiger partial charge in [0.15, 0.2) is 0 Å². The number of rotatable bonds is 8. The molecule has 8 heteroatoms. The first-order chi connectivity index (χ1) is 16.8. The fourth-order valence-corrected chi connectivity index (χ4v) is 4.17. The number of aliphatic carboxylic acids is 1. The number of amides is 2. The van der Waals surface area contributed by atoms with Gasteiger partial charge in [0.1, 0.15) is 12.4 Å². The zero-order valence-corrected chi connectivity index (χ0v) is 19.1. The summed E-state index contributed by atoms with van der Waals surface area (Å²) in [5.41, 5.74) is 4.44. The maximum Gasteiger partial charge on any atom is 0.411 e. The number of carboxylic acid groups (broad SMARTS) is 1. The number of fused-ring (bicyclic) bond motifs is 3. The molecule has 0 saturated heterocycles. The Morgan fingerprint density at radius 1 is 1.00 bits per heavy atom. The number of hydrogen-bond acceptors (Lipinski definition) is 4. The van der Waals surface area contributed by atoms with Crippen molar-refractivity contribution in [3.63, 3.8) is 0 Å². The summed E-state index contributed by atoms with van der Waals surface area (Å²) in [6.07, 6.45) is -0.527. The van der Waals surface area contributed by atoms with Crippen LogP contribution in [-0.4, -0.2) is 36.2 Å². The van der Waals surface area contributed by atoms with Crippen molar-refractivity contribution >= 4 is 23.7 Å². The molecule has 0 aromatic heterocycles. The van der Waals surface area contributed by atoms with E-state index in [1.165, 1.54) is 13.0 Å². The molecule has 0 fully saturated rings. The topological polar surface area (TPSA) is 105 Å². The van der Waals surface area contributed by atoms with E-state index in [9.17, 15) is 18.8 Å². The van der Waals surface area contributed by atoms with Crippen molar-refractivity contribution in [3.8, 4) is 11.1 Å². The van der Waals surface area contributed by atoms with Crippen LogP contribution in [0.4, 0.5) is 14.9 Å². The molecule has 3 N–H and O–H groups in total. The van der Waals surface area contributed by atoms with Crippen LogP contribution in [0.1, 0.15) is 40.7 Å². The van der Waals surface area contributed by atoms with Gasteiger partial charge in [0.05, 0.1) is 5.92 Å². The van der Waals surface area contributed by atoms with E-state index in [-0.39, 0.29) is 36.7 Å². The lowest BCUT2D eigenvalue weighted by Crippen LogP contribution is -2.27. The van der Waals surface area contributed by atoms with Crippen LogP contribution in [0, 0.1) is 11.7 Å². The third-order valence-corrected chi connectivity index (χ3v) is 6.03. The molecule has 2 amide bonds. The number of benzene rings is 3. The van der Waals surface area contributed by atoms with E-state index < -0.39 is 29.7 Å². The molecule has 0 bridgehead atoms. The Morgan fingerprint density at radius 3 is 2.26 bits per heavy atom. The Kier molecular flexibility index (Phi) is 7.10. The molecule has 3 aromatic carbocycles. The highest BCUT2D eigenvalue weighted by Crippen LogP contribution is 2.44. The zero-order valence-electron chi connectivity index (χ0n) is 19.1. The van der Waals surface area contributed by atoms with Crippen molar-refractivity contribution in [2.24, 2.45) is 5.92 Å². The number of carboxylic acids is 1. The minimum absolute atomic E-state index is 0.00178. The fraction of sp³-hybridized carbons (Fsp3) is 0.222. The lowest BCUT2D eigenvalue weighted by molar-refractivity contribution is -0.141. The molecule has 180 valence electrons. The van der Waals surface area contributed by atoms with E-state index >= 15 is 0 Å². The molecule has 35 heavy (non-hydrogen) atoms. The van der Waals surface area contributed by atoms with Crippen molar-refractivity contribution < 1.29 is 28.6 Å². The second-order valence-electron chi connectivity index (χ2n) is 8.46. The Hall–Kier alpha value is -4.20. The van der Waals surface area contributed by atoms with Gasteiger partial charge in [0.2, 0.25) is 0 Å². The van der Waals surface area contributed by atoms with Gasteiger partial charge in [-0.3, -0.25) is 14.9 Å². The second kappa shape index (κ2) is 10.4. The molecule has 4 rings (SSSR count). The Bertz CT molecular complexity index is 1230. The van der Waals surface area contributed by atoms with Crippen molar-refractivity contribution in [1.82, 2.24) is 5.32 Å². The molecule has 1 aliphatic carbocycles. The van der Waals surface area contributed by atoms with Crippen molar-refractivity contribution in [2.45, 2.75) is 19.3 Å². The predicted octanol–water partition coefficient (Wildman–Crippen LogP) is 5.03. The molecule has 0 spiro atoms. The highest BCUT2D eigenvalue weighted by Gasteiger charge is 2.29. The van der Waals surface area contributed by atoms with E-state index in [4.69, 9.17) is 9.84 Å². The molecule has 1 atom stereocenters. The van der Waals surface area contributed by atoms with Gasteiger partial charge in [-0.25, -0.2) is 9.18 Å². The highest BCUT2D eigenvalue weighted by atomic mass is 19.1. The van der Waals surface area contributed by atoms with Crippen LogP contribution in [0.2, 0.25) is 0 Å². The molecule has 0 radical (unpaired) electrons. The van der Waals surface area contributed by atoms with Crippen LogP contribution < -0.4 is 10.6 Å². The molecule has 0 aliphatic heterocycles. The molecule has 1 unspecified atom stereocenters. The first-order valence-corrected chi connectivity index (χ1v) is 11.3. The molecule has 0 saturated carbocycles. The third-order valence-electron chi connectivity index (χ3n) is 6.03. The summed E-state index contributed by atoms with van der Waals surface area (Å²) in [6, 6.07) is 19.4. The number of carbonyl (C=O) groups excluding carboxylic acids is 2. The summed E-state index contributed by atoms with van der Waals surface area (Å²) in [7, 11) is 0. The summed E-state index contributed by atoms with van der Waals surface area (Å²) in [4.78, 5) is 35.7. The molecular formula is C27H25FN2O5. The van der Waals surface area contributed by atoms with E-state index in [0.717, 1.165) is 34.4 Å². The van der Waals surface area contributed by atoms with Gasteiger partial charge in [-0.2, -0.15) is 0 Å². The summed E-state index contributed by atoms with van der Waals surface area (Å²) < 4.78 is 19.6. The van der Waals surface area contributed by atoms with Gasteiger partial charge in [-0.15, -0.1) is 0 Å². The number of halogens is 1. The SMILES string of the molecule is CC(CCNC(=O)c1cc(F)cc(NC(=O)OCC2c3ccccc3-c3ccccc32)c1)C(=O)O. The smallest absolute Gasteiger partial charge is 0.411 e. The molecule has 3 aromatic rings. The number of nitrogens with one attached hydrogen (secondary N) is 2. The van der Waals surface area contributed by atoms with Crippen LogP contribution >= 0.6 is 0 Å². The van der Waals surface area contributed by atoms with Crippen molar-refractivity contribution in [2.75, 3.05) is 18.5 Å². The van der Waals surface area contributed by atoms with Crippen LogP contribution in [0.25, 0.3) is 11.1 Å². The fourth-order valence-electron chi connectivity index (χ4n) is 4.17. The second-order valence-corrected chi connectivity index (χ2v) is 8.46. The average molecular weight is 477 g/mol. The molecule has 1 aliphatic rings. The lowest BCUT2D eigenvalue weighted by atomic mass is 9.98. The quantitative estimate of drug-likeness (QED) is 0.423. The van der Waals surface area contributed by atoms with Crippen LogP contribution in [-0.2, 0) is 9.53 Å². The maximum absolute atomic E-state index is 14.1. The van der Waals surface area contributed by atoms with E-state index in [1.807, 2.05) is 48.5 Å². The van der Waals surface area contributed by atoms with Crippen LogP contribution in [0.15, 0.2) is 66.7 Å². The predicted molar refractivity (Wildman–Crippen MR) is 129 cm³/mol. The standard InChI is InChI=1S/C27H25FN2O5/c1-16(26(32)33)10-11-29-25(31)17-12-18(28)14-19(13-17)30-27(34)35-15-24-22-8-4-2-6-20(22)21-7-3-5-9-23(21)24/h2-9,12-14,16,24H,10-11,15H2,1H3,(H,29,31)(H,30,34)(H,32,33). The Balaban J connectivity index is 1.38. The van der Waals surface area contributed by atoms with Gasteiger partial charge in [-0.1, -0.05) is 55.5 Å². The minimum atomic E-state index is -0.959. The summed E-state index contributed by atoms with van der Waals surface area (Å²) in [6.45, 7) is 1.76. The maximum atomic E-state index is 14.1. The first-order valence-electron chi connectivity index (χ1n) is 11.3. The Morgan fingerprint density at radius 2 is 1.63 bits per heavy atom. The summed E-state index contributed by atoms with van der Waals surface area (Å²) >= 11 is 0. The van der Waals surface area contributed by atoms with Crippen molar-refractivity contribution in [3.05, 3.63) is 89.2 Å². The van der Waals surface area contributed by atoms with Gasteiger partial charge in [0, 0.05) is 23.7 Å². The largest absolute Gasteiger partial charge is 0.481 e. The number of ether oxygens (including phenoxy) is 1. The normalized spacial score (nSPS) is 12.9. The minimum Gasteiger partial charge on any atom is -0.481 e. The van der Waals surface area contributed by atoms with Gasteiger partial charge in [-0.05, 0) is 46.9 Å². The zero-order chi connectivity index (χ0) is 24.9. The Labute approximate surface area is 201 Å². The van der Waals surface area contributed by atoms with Crippen molar-refractivity contribution in [1.29, 1.82) is 0 Å². The van der Waals surface area contributed by atoms with E-state index in [2.05, 4.69) is 10.6 Å². The summed E-state index contributed by atoms with van der Waals surface area (Å²) in [5, 5.41) is 14.0. The van der Waals surface area contributed by atoms with Gasteiger partial charge < -0.3 is 15.2 Å². The summed E-state index contributed by atoms with van der Waals surface area (Å²) in [5.74, 6) is -2.97. The lowest BCUT2D eigenvalue weighted by Gasteiger charge is -2.15. The van der Waals surface area contributed by atoms with Crippen LogP contribution in [0.5, 0.6) is 0 Å². The highest BCUT2D eigenvalue weighted by molar-refractivity contribution is 5.96. The molecule has 7 nitrogen and oxygen atoms in total. The van der Waals surface area contributed by atoms with Gasteiger partial charge in [0.25, 0.3) is 5.91 Å².